The van der Waals surface area contributed by atoms with Crippen LogP contribution < -0.4 is 0 Å². The van der Waals surface area contributed by atoms with Crippen LogP contribution in [0.2, 0.25) is 0 Å². The number of amides is 1. The van der Waals surface area contributed by atoms with E-state index in [1.54, 1.807) is 6.08 Å². The Labute approximate surface area is 104 Å². The molecule has 96 valence electrons. The zero-order valence-corrected chi connectivity index (χ0v) is 10.0. The summed E-state index contributed by atoms with van der Waals surface area (Å²) in [5, 5.41) is 0. The number of carbonyl (C=O) groups is 3. The number of hydrogen-bond donors (Lipinski definition) is 0. The van der Waals surface area contributed by atoms with Gasteiger partial charge in [0, 0.05) is 12.0 Å². The molecule has 6 heteroatoms. The SMILES string of the molecule is COC(=O)N1[C@@H](C)[C@@H]2C=C[C@H]1[C@H]1C(=O)OC(=O)[C@@H]21. The maximum Gasteiger partial charge on any atom is 0.410 e. The fraction of sp³-hybridized carbons (Fsp3) is 0.583. The van der Waals surface area contributed by atoms with Crippen molar-refractivity contribution >= 4 is 18.0 Å². The van der Waals surface area contributed by atoms with Gasteiger partial charge in [-0.15, -0.1) is 0 Å². The van der Waals surface area contributed by atoms with E-state index in [0.717, 1.165) is 0 Å². The first-order chi connectivity index (χ1) is 8.56. The molecular formula is C12H13NO5. The highest BCUT2D eigenvalue weighted by molar-refractivity contribution is 5.98. The molecule has 0 spiro atoms. The van der Waals surface area contributed by atoms with Crippen molar-refractivity contribution in [2.45, 2.75) is 19.0 Å². The Morgan fingerprint density at radius 3 is 2.61 bits per heavy atom. The molecule has 0 radical (unpaired) electrons. The van der Waals surface area contributed by atoms with Crippen molar-refractivity contribution in [2.24, 2.45) is 17.8 Å². The number of hydrogen-bond acceptors (Lipinski definition) is 5. The molecule has 0 unspecified atom stereocenters. The molecule has 1 aliphatic carbocycles. The van der Waals surface area contributed by atoms with E-state index in [1.165, 1.54) is 12.0 Å². The number of fused-ring (bicyclic) bond motifs is 1. The number of ether oxygens (including phenoxy) is 2. The lowest BCUT2D eigenvalue weighted by atomic mass is 9.67. The van der Waals surface area contributed by atoms with Gasteiger partial charge >= 0.3 is 18.0 Å². The highest BCUT2D eigenvalue weighted by Gasteiger charge is 2.61. The smallest absolute Gasteiger partial charge is 0.410 e. The summed E-state index contributed by atoms with van der Waals surface area (Å²) in [5.41, 5.74) is 0. The van der Waals surface area contributed by atoms with Gasteiger partial charge in [-0.1, -0.05) is 12.2 Å². The van der Waals surface area contributed by atoms with Crippen molar-refractivity contribution in [3.8, 4) is 0 Å². The summed E-state index contributed by atoms with van der Waals surface area (Å²) in [6, 6.07) is -0.617. The average molecular weight is 251 g/mol. The molecule has 4 rings (SSSR count). The molecule has 0 saturated carbocycles. The third-order valence-corrected chi connectivity index (χ3v) is 4.15. The van der Waals surface area contributed by atoms with Gasteiger partial charge < -0.3 is 9.47 Å². The van der Waals surface area contributed by atoms with E-state index < -0.39 is 35.9 Å². The number of carbonyl (C=O) groups excluding carboxylic acids is 3. The predicted molar refractivity (Wildman–Crippen MR) is 58.2 cm³/mol. The molecule has 0 aromatic carbocycles. The van der Waals surface area contributed by atoms with E-state index in [1.807, 2.05) is 13.0 Å². The largest absolute Gasteiger partial charge is 0.453 e. The van der Waals surface area contributed by atoms with Gasteiger partial charge in [-0.3, -0.25) is 14.5 Å². The minimum Gasteiger partial charge on any atom is -0.453 e. The van der Waals surface area contributed by atoms with E-state index in [9.17, 15) is 14.4 Å². The number of esters is 2. The molecule has 1 amide bonds. The topological polar surface area (TPSA) is 72.9 Å². The van der Waals surface area contributed by atoms with E-state index in [4.69, 9.17) is 9.47 Å². The summed E-state index contributed by atoms with van der Waals surface area (Å²) in [6.45, 7) is 1.85. The van der Waals surface area contributed by atoms with Crippen molar-refractivity contribution in [3.05, 3.63) is 12.2 Å². The standard InChI is InChI=1S/C12H13NO5/c1-5-6-3-4-7(13(5)12(16)17-2)9-8(6)10(14)18-11(9)15/h3-9H,1-2H3/t5-,6-,7-,8-,9+/m0/s1. The van der Waals surface area contributed by atoms with Crippen LogP contribution in [0, 0.1) is 17.8 Å². The van der Waals surface area contributed by atoms with Gasteiger partial charge in [0.2, 0.25) is 0 Å². The molecule has 3 heterocycles. The van der Waals surface area contributed by atoms with E-state index >= 15 is 0 Å². The molecule has 0 aromatic rings. The van der Waals surface area contributed by atoms with Crippen LogP contribution >= 0.6 is 0 Å². The van der Waals surface area contributed by atoms with Crippen molar-refractivity contribution in [2.75, 3.05) is 7.11 Å². The second kappa shape index (κ2) is 3.57. The molecule has 2 fully saturated rings. The van der Waals surface area contributed by atoms with Gasteiger partial charge in [-0.2, -0.15) is 0 Å². The molecular weight excluding hydrogens is 238 g/mol. The van der Waals surface area contributed by atoms with Gasteiger partial charge in [0.25, 0.3) is 0 Å². The Hall–Kier alpha value is -1.85. The lowest BCUT2D eigenvalue weighted by Crippen LogP contribution is -2.62. The van der Waals surface area contributed by atoms with Gasteiger partial charge in [-0.05, 0) is 6.92 Å². The van der Waals surface area contributed by atoms with E-state index in [2.05, 4.69) is 0 Å². The molecule has 18 heavy (non-hydrogen) atoms. The van der Waals surface area contributed by atoms with Gasteiger partial charge in [0.1, 0.15) is 0 Å². The molecule has 6 nitrogen and oxygen atoms in total. The van der Waals surface area contributed by atoms with Crippen LogP contribution in [0.5, 0.6) is 0 Å². The first kappa shape index (κ1) is 11.3. The summed E-state index contributed by atoms with van der Waals surface area (Å²) in [6.07, 6.45) is 3.21. The molecule has 2 saturated heterocycles. The fourth-order valence-corrected chi connectivity index (χ4v) is 3.34. The van der Waals surface area contributed by atoms with Crippen molar-refractivity contribution < 1.29 is 23.9 Å². The van der Waals surface area contributed by atoms with Crippen molar-refractivity contribution in [3.63, 3.8) is 0 Å². The first-order valence-electron chi connectivity index (χ1n) is 5.86. The van der Waals surface area contributed by atoms with Gasteiger partial charge in [0.05, 0.1) is 25.0 Å². The zero-order valence-electron chi connectivity index (χ0n) is 10.0. The van der Waals surface area contributed by atoms with Gasteiger partial charge in [-0.25, -0.2) is 4.79 Å². The zero-order chi connectivity index (χ0) is 13.0. The van der Waals surface area contributed by atoms with Crippen LogP contribution in [-0.4, -0.2) is 42.1 Å². The Morgan fingerprint density at radius 2 is 1.94 bits per heavy atom. The quantitative estimate of drug-likeness (QED) is 0.352. The Balaban J connectivity index is 2.03. The summed E-state index contributed by atoms with van der Waals surface area (Å²) in [7, 11) is 1.30. The lowest BCUT2D eigenvalue weighted by molar-refractivity contribution is -0.153. The number of rotatable bonds is 0. The molecule has 5 atom stereocenters. The second-order valence-electron chi connectivity index (χ2n) is 4.86. The second-order valence-corrected chi connectivity index (χ2v) is 4.86. The highest BCUT2D eigenvalue weighted by atomic mass is 16.6. The highest BCUT2D eigenvalue weighted by Crippen LogP contribution is 2.47. The van der Waals surface area contributed by atoms with Crippen LogP contribution in [0.3, 0.4) is 0 Å². The van der Waals surface area contributed by atoms with Crippen molar-refractivity contribution in [1.82, 2.24) is 4.90 Å². The Bertz CT molecular complexity index is 471. The van der Waals surface area contributed by atoms with Crippen LogP contribution in [0.15, 0.2) is 12.2 Å². The number of methoxy groups -OCH3 is 1. The number of cyclic esters (lactones) is 2. The molecule has 4 aliphatic rings. The molecule has 3 aliphatic heterocycles. The van der Waals surface area contributed by atoms with Crippen LogP contribution in [0.1, 0.15) is 6.92 Å². The Kier molecular flexibility index (Phi) is 2.23. The third kappa shape index (κ3) is 1.20. The molecule has 0 aromatic heterocycles. The van der Waals surface area contributed by atoms with Crippen LogP contribution in [0.25, 0.3) is 0 Å². The van der Waals surface area contributed by atoms with E-state index in [0.29, 0.717) is 0 Å². The summed E-state index contributed by atoms with van der Waals surface area (Å²) >= 11 is 0. The monoisotopic (exact) mass is 251 g/mol. The first-order valence-corrected chi connectivity index (χ1v) is 5.86. The Morgan fingerprint density at radius 1 is 1.28 bits per heavy atom. The fourth-order valence-electron chi connectivity index (χ4n) is 3.34. The summed E-state index contributed by atoms with van der Waals surface area (Å²) in [4.78, 5) is 36.7. The number of piperidine rings is 1. The minimum absolute atomic E-state index is 0.174. The van der Waals surface area contributed by atoms with Gasteiger partial charge in [0.15, 0.2) is 0 Å². The maximum absolute atomic E-state index is 11.8. The van der Waals surface area contributed by atoms with Crippen LogP contribution in [-0.2, 0) is 19.1 Å². The normalized spacial score (nSPS) is 40.8. The van der Waals surface area contributed by atoms with Crippen LogP contribution in [0.4, 0.5) is 4.79 Å². The van der Waals surface area contributed by atoms with Crippen molar-refractivity contribution in [1.29, 1.82) is 0 Å². The number of nitrogens with zero attached hydrogens (tertiary/aromatic N) is 1. The minimum atomic E-state index is -0.581. The van der Waals surface area contributed by atoms with E-state index in [-0.39, 0.29) is 12.0 Å². The third-order valence-electron chi connectivity index (χ3n) is 4.15. The summed E-state index contributed by atoms with van der Waals surface area (Å²) < 4.78 is 9.44. The maximum atomic E-state index is 11.8. The predicted octanol–water partition coefficient (Wildman–Crippen LogP) is 0.327. The lowest BCUT2D eigenvalue weighted by Gasteiger charge is -2.49. The molecule has 0 N–H and O–H groups in total. The average Bonchev–Trinajstić information content (AvgIpc) is 2.66. The summed E-state index contributed by atoms with van der Waals surface area (Å²) in [5.74, 6) is -2.23. The molecule has 2 bridgehead atoms.